The van der Waals surface area contributed by atoms with Crippen molar-refractivity contribution in [2.24, 2.45) is 5.73 Å². The zero-order valence-corrected chi connectivity index (χ0v) is 11.0. The van der Waals surface area contributed by atoms with Crippen molar-refractivity contribution in [2.45, 2.75) is 63.6 Å². The molecule has 17 heavy (non-hydrogen) atoms. The van der Waals surface area contributed by atoms with Gasteiger partial charge in [-0.15, -0.1) is 0 Å². The molecular weight excluding hydrogens is 214 g/mol. The molecule has 4 nitrogen and oxygen atoms in total. The molecule has 3 N–H and O–H groups in total. The van der Waals surface area contributed by atoms with E-state index in [0.717, 1.165) is 38.4 Å². The van der Waals surface area contributed by atoms with E-state index in [-0.39, 0.29) is 5.91 Å². The lowest BCUT2D eigenvalue weighted by molar-refractivity contribution is -0.126. The number of hydrogen-bond donors (Lipinski definition) is 2. The smallest absolute Gasteiger partial charge is 0.240 e. The Hall–Kier alpha value is -0.610. The van der Waals surface area contributed by atoms with Gasteiger partial charge in [0.25, 0.3) is 0 Å². The van der Waals surface area contributed by atoms with Crippen molar-refractivity contribution in [2.75, 3.05) is 13.1 Å². The number of rotatable bonds is 5. The zero-order chi connectivity index (χ0) is 12.5. The molecule has 0 radical (unpaired) electrons. The highest BCUT2D eigenvalue weighted by atomic mass is 16.2. The van der Waals surface area contributed by atoms with Crippen LogP contribution in [0, 0.1) is 0 Å². The number of likely N-dealkylation sites (tertiary alicyclic amines) is 1. The highest BCUT2D eigenvalue weighted by Gasteiger charge is 2.36. The second kappa shape index (κ2) is 4.94. The Morgan fingerprint density at radius 1 is 1.47 bits per heavy atom. The largest absolute Gasteiger partial charge is 0.350 e. The van der Waals surface area contributed by atoms with Gasteiger partial charge in [-0.2, -0.15) is 0 Å². The van der Waals surface area contributed by atoms with Gasteiger partial charge < -0.3 is 11.1 Å². The summed E-state index contributed by atoms with van der Waals surface area (Å²) in [7, 11) is 0. The fourth-order valence-electron chi connectivity index (χ4n) is 2.66. The summed E-state index contributed by atoms with van der Waals surface area (Å²) in [6.07, 6.45) is 5.44. The third-order valence-electron chi connectivity index (χ3n) is 3.91. The van der Waals surface area contributed by atoms with Crippen LogP contribution in [0.3, 0.4) is 0 Å². The standard InChI is InChI=1S/C13H25N3O/c1-3-7-13(2,14)12(17)15-10-6-8-16(9-10)11-4-5-11/h10-11H,3-9,14H2,1-2H3,(H,15,17). The molecule has 1 amide bonds. The van der Waals surface area contributed by atoms with E-state index in [0.29, 0.717) is 6.04 Å². The van der Waals surface area contributed by atoms with E-state index in [1.807, 2.05) is 6.92 Å². The molecule has 0 spiro atoms. The molecule has 98 valence electrons. The van der Waals surface area contributed by atoms with E-state index < -0.39 is 5.54 Å². The van der Waals surface area contributed by atoms with E-state index in [2.05, 4.69) is 17.1 Å². The van der Waals surface area contributed by atoms with Crippen molar-refractivity contribution >= 4 is 5.91 Å². The maximum atomic E-state index is 12.0. The van der Waals surface area contributed by atoms with Crippen LogP contribution in [-0.2, 0) is 4.79 Å². The predicted molar refractivity (Wildman–Crippen MR) is 68.6 cm³/mol. The van der Waals surface area contributed by atoms with Gasteiger partial charge in [-0.1, -0.05) is 13.3 Å². The average Bonchev–Trinajstić information content (AvgIpc) is 3.00. The predicted octanol–water partition coefficient (Wildman–Crippen LogP) is 0.857. The lowest BCUT2D eigenvalue weighted by Crippen LogP contribution is -2.54. The van der Waals surface area contributed by atoms with Crippen LogP contribution in [0.15, 0.2) is 0 Å². The first kappa shape index (κ1) is 12.8. The molecule has 4 heteroatoms. The van der Waals surface area contributed by atoms with Crippen molar-refractivity contribution in [1.29, 1.82) is 0 Å². The third-order valence-corrected chi connectivity index (χ3v) is 3.91. The molecule has 2 rings (SSSR count). The fraction of sp³-hybridized carbons (Fsp3) is 0.923. The van der Waals surface area contributed by atoms with E-state index in [9.17, 15) is 4.79 Å². The number of nitrogens with zero attached hydrogens (tertiary/aromatic N) is 1. The lowest BCUT2D eigenvalue weighted by atomic mass is 9.96. The minimum Gasteiger partial charge on any atom is -0.350 e. The Balaban J connectivity index is 1.78. The quantitative estimate of drug-likeness (QED) is 0.748. The summed E-state index contributed by atoms with van der Waals surface area (Å²) in [5.74, 6) is 0.0157. The first-order chi connectivity index (χ1) is 8.03. The minimum atomic E-state index is -0.707. The van der Waals surface area contributed by atoms with Crippen molar-refractivity contribution in [3.8, 4) is 0 Å². The highest BCUT2D eigenvalue weighted by Crippen LogP contribution is 2.29. The van der Waals surface area contributed by atoms with Gasteiger partial charge in [0, 0.05) is 25.2 Å². The van der Waals surface area contributed by atoms with E-state index >= 15 is 0 Å². The topological polar surface area (TPSA) is 58.4 Å². The van der Waals surface area contributed by atoms with Crippen molar-refractivity contribution in [3.63, 3.8) is 0 Å². The molecule has 2 atom stereocenters. The van der Waals surface area contributed by atoms with Crippen LogP contribution in [0.25, 0.3) is 0 Å². The molecule has 2 unspecified atom stereocenters. The minimum absolute atomic E-state index is 0.0157. The third kappa shape index (κ3) is 3.19. The second-order valence-electron chi connectivity index (χ2n) is 5.85. The van der Waals surface area contributed by atoms with Crippen LogP contribution in [0.1, 0.15) is 46.0 Å². The molecule has 1 saturated carbocycles. The van der Waals surface area contributed by atoms with Gasteiger partial charge in [-0.3, -0.25) is 9.69 Å². The van der Waals surface area contributed by atoms with Crippen molar-refractivity contribution < 1.29 is 4.79 Å². The van der Waals surface area contributed by atoms with Crippen LogP contribution in [0.4, 0.5) is 0 Å². The molecule has 0 aromatic heterocycles. The number of amides is 1. The molecule has 1 saturated heterocycles. The number of carbonyl (C=O) groups excluding carboxylic acids is 1. The van der Waals surface area contributed by atoms with Crippen molar-refractivity contribution in [3.05, 3.63) is 0 Å². The van der Waals surface area contributed by atoms with Crippen LogP contribution >= 0.6 is 0 Å². The van der Waals surface area contributed by atoms with E-state index in [1.165, 1.54) is 12.8 Å². The molecule has 0 aromatic carbocycles. The van der Waals surface area contributed by atoms with Gasteiger partial charge in [-0.05, 0) is 32.6 Å². The molecule has 0 aromatic rings. The van der Waals surface area contributed by atoms with E-state index in [4.69, 9.17) is 5.73 Å². The van der Waals surface area contributed by atoms with E-state index in [1.54, 1.807) is 0 Å². The number of carbonyl (C=O) groups is 1. The summed E-state index contributed by atoms with van der Waals surface area (Å²) < 4.78 is 0. The van der Waals surface area contributed by atoms with Crippen LogP contribution in [-0.4, -0.2) is 41.5 Å². The number of nitrogens with one attached hydrogen (secondary N) is 1. The molecule has 1 heterocycles. The van der Waals surface area contributed by atoms with Crippen LogP contribution in [0.5, 0.6) is 0 Å². The van der Waals surface area contributed by atoms with Gasteiger partial charge in [0.1, 0.15) is 0 Å². The van der Waals surface area contributed by atoms with Gasteiger partial charge in [0.2, 0.25) is 5.91 Å². The molecule has 1 aliphatic carbocycles. The summed E-state index contributed by atoms with van der Waals surface area (Å²) >= 11 is 0. The normalized spacial score (nSPS) is 29.0. The molecular formula is C13H25N3O. The summed E-state index contributed by atoms with van der Waals surface area (Å²) in [5, 5.41) is 3.11. The van der Waals surface area contributed by atoms with Gasteiger partial charge in [0.15, 0.2) is 0 Å². The zero-order valence-electron chi connectivity index (χ0n) is 11.0. The number of nitrogens with two attached hydrogens (primary N) is 1. The Kier molecular flexibility index (Phi) is 3.73. The molecule has 2 aliphatic rings. The average molecular weight is 239 g/mol. The van der Waals surface area contributed by atoms with Gasteiger partial charge >= 0.3 is 0 Å². The Morgan fingerprint density at radius 3 is 2.76 bits per heavy atom. The summed E-state index contributed by atoms with van der Waals surface area (Å²) in [4.78, 5) is 14.5. The SMILES string of the molecule is CCCC(C)(N)C(=O)NC1CCN(C2CC2)C1. The monoisotopic (exact) mass is 239 g/mol. The highest BCUT2D eigenvalue weighted by molar-refractivity contribution is 5.85. The number of hydrogen-bond acceptors (Lipinski definition) is 3. The maximum Gasteiger partial charge on any atom is 0.240 e. The summed E-state index contributed by atoms with van der Waals surface area (Å²) in [5.41, 5.74) is 5.32. The second-order valence-corrected chi connectivity index (χ2v) is 5.85. The van der Waals surface area contributed by atoms with Crippen LogP contribution in [0.2, 0.25) is 0 Å². The first-order valence-electron chi connectivity index (χ1n) is 6.87. The maximum absolute atomic E-state index is 12.0. The fourth-order valence-corrected chi connectivity index (χ4v) is 2.66. The van der Waals surface area contributed by atoms with Crippen LogP contribution < -0.4 is 11.1 Å². The summed E-state index contributed by atoms with van der Waals surface area (Å²) in [6.45, 7) is 6.03. The summed E-state index contributed by atoms with van der Waals surface area (Å²) in [6, 6.07) is 1.11. The van der Waals surface area contributed by atoms with Crippen molar-refractivity contribution in [1.82, 2.24) is 10.2 Å². The van der Waals surface area contributed by atoms with Gasteiger partial charge in [0.05, 0.1) is 5.54 Å². The van der Waals surface area contributed by atoms with Gasteiger partial charge in [-0.25, -0.2) is 0 Å². The first-order valence-corrected chi connectivity index (χ1v) is 6.87. The Bertz CT molecular complexity index is 286. The molecule has 1 aliphatic heterocycles. The lowest BCUT2D eigenvalue weighted by Gasteiger charge is -2.25. The molecule has 2 fully saturated rings. The Morgan fingerprint density at radius 2 is 2.18 bits per heavy atom. The Labute approximate surface area is 104 Å². The molecule has 0 bridgehead atoms.